The molecule has 0 aliphatic carbocycles. The minimum absolute atomic E-state index is 0.379. The van der Waals surface area contributed by atoms with E-state index in [1.807, 2.05) is 12.5 Å². The number of hydrogen-bond donors (Lipinski definition) is 0. The van der Waals surface area contributed by atoms with Crippen LogP contribution in [-0.4, -0.2) is 32.6 Å². The number of hydrogen-bond acceptors (Lipinski definition) is 5. The number of anilines is 1. The maximum atomic E-state index is 9.10. The maximum Gasteiger partial charge on any atom is 0.183 e. The largest absolute Gasteiger partial charge is 0.352 e. The maximum absolute atomic E-state index is 9.10. The van der Waals surface area contributed by atoms with Gasteiger partial charge in [0.05, 0.1) is 12.4 Å². The van der Waals surface area contributed by atoms with Crippen LogP contribution < -0.4 is 4.90 Å². The van der Waals surface area contributed by atoms with Crippen molar-refractivity contribution in [3.8, 4) is 6.07 Å². The average Bonchev–Trinajstić information content (AvgIpc) is 3.01. The van der Waals surface area contributed by atoms with Gasteiger partial charge in [-0.25, -0.2) is 15.0 Å². The highest BCUT2D eigenvalue weighted by Crippen LogP contribution is 2.25. The SMILES string of the molecule is N#Cc1nccnc1N1CCC[C@H](n2ccnc2)C1. The van der Waals surface area contributed by atoms with Crippen molar-refractivity contribution >= 4 is 5.82 Å². The summed E-state index contributed by atoms with van der Waals surface area (Å²) in [4.78, 5) is 14.6. The van der Waals surface area contributed by atoms with Crippen LogP contribution in [0.25, 0.3) is 0 Å². The van der Waals surface area contributed by atoms with Crippen molar-refractivity contribution in [3.63, 3.8) is 0 Å². The van der Waals surface area contributed by atoms with Crippen LogP contribution in [0.4, 0.5) is 5.82 Å². The molecule has 0 radical (unpaired) electrons. The Kier molecular flexibility index (Phi) is 3.11. The molecule has 0 spiro atoms. The molecule has 0 N–H and O–H groups in total. The van der Waals surface area contributed by atoms with E-state index in [4.69, 9.17) is 5.26 Å². The van der Waals surface area contributed by atoms with Gasteiger partial charge in [0.25, 0.3) is 0 Å². The summed E-state index contributed by atoms with van der Waals surface area (Å²) in [6.45, 7) is 1.75. The van der Waals surface area contributed by atoms with Gasteiger partial charge < -0.3 is 9.47 Å². The van der Waals surface area contributed by atoms with Gasteiger partial charge in [-0.1, -0.05) is 0 Å². The highest BCUT2D eigenvalue weighted by atomic mass is 15.2. The highest BCUT2D eigenvalue weighted by Gasteiger charge is 2.23. The minimum Gasteiger partial charge on any atom is -0.352 e. The number of imidazole rings is 1. The van der Waals surface area contributed by atoms with Gasteiger partial charge in [0.15, 0.2) is 11.5 Å². The Morgan fingerprint density at radius 3 is 2.95 bits per heavy atom. The fourth-order valence-electron chi connectivity index (χ4n) is 2.52. The quantitative estimate of drug-likeness (QED) is 0.809. The molecule has 0 saturated carbocycles. The van der Waals surface area contributed by atoms with Crippen LogP contribution in [-0.2, 0) is 0 Å². The molecule has 0 aromatic carbocycles. The van der Waals surface area contributed by atoms with E-state index in [2.05, 4.69) is 30.5 Å². The fraction of sp³-hybridized carbons (Fsp3) is 0.385. The van der Waals surface area contributed by atoms with Crippen molar-refractivity contribution < 1.29 is 0 Å². The molecule has 2 aromatic rings. The lowest BCUT2D eigenvalue weighted by atomic mass is 10.1. The predicted molar refractivity (Wildman–Crippen MR) is 69.5 cm³/mol. The predicted octanol–water partition coefficient (Wildman–Crippen LogP) is 1.39. The number of nitriles is 1. The Morgan fingerprint density at radius 1 is 1.26 bits per heavy atom. The molecule has 1 aliphatic rings. The Bertz CT molecular complexity index is 585. The van der Waals surface area contributed by atoms with Gasteiger partial charge in [-0.15, -0.1) is 0 Å². The van der Waals surface area contributed by atoms with Gasteiger partial charge in [-0.2, -0.15) is 5.26 Å². The summed E-state index contributed by atoms with van der Waals surface area (Å²) in [7, 11) is 0. The molecule has 3 heterocycles. The molecule has 0 bridgehead atoms. The zero-order valence-corrected chi connectivity index (χ0v) is 10.5. The number of nitrogens with zero attached hydrogens (tertiary/aromatic N) is 6. The molecule has 6 heteroatoms. The van der Waals surface area contributed by atoms with Crippen molar-refractivity contribution in [1.29, 1.82) is 5.26 Å². The molecule has 1 fully saturated rings. The second-order valence-electron chi connectivity index (χ2n) is 4.59. The lowest BCUT2D eigenvalue weighted by Crippen LogP contribution is -2.37. The third kappa shape index (κ3) is 2.27. The summed E-state index contributed by atoms with van der Waals surface area (Å²) in [5.74, 6) is 0.690. The summed E-state index contributed by atoms with van der Waals surface area (Å²) in [5.41, 5.74) is 0.397. The van der Waals surface area contributed by atoms with E-state index in [0.29, 0.717) is 17.6 Å². The number of piperidine rings is 1. The highest BCUT2D eigenvalue weighted by molar-refractivity contribution is 5.49. The molecular formula is C13H14N6. The molecule has 2 aromatic heterocycles. The van der Waals surface area contributed by atoms with E-state index < -0.39 is 0 Å². The van der Waals surface area contributed by atoms with Gasteiger partial charge in [0.1, 0.15) is 6.07 Å². The number of aromatic nitrogens is 4. The summed E-state index contributed by atoms with van der Waals surface area (Å²) >= 11 is 0. The van der Waals surface area contributed by atoms with Crippen molar-refractivity contribution in [2.75, 3.05) is 18.0 Å². The molecule has 3 rings (SSSR count). The lowest BCUT2D eigenvalue weighted by molar-refractivity contribution is 0.403. The Hall–Kier alpha value is -2.42. The van der Waals surface area contributed by atoms with Crippen LogP contribution in [0.3, 0.4) is 0 Å². The topological polar surface area (TPSA) is 70.6 Å². The molecule has 0 amide bonds. The van der Waals surface area contributed by atoms with E-state index in [9.17, 15) is 0 Å². The van der Waals surface area contributed by atoms with E-state index in [1.165, 1.54) is 0 Å². The normalized spacial score (nSPS) is 19.1. The zero-order valence-electron chi connectivity index (χ0n) is 10.5. The third-order valence-corrected chi connectivity index (χ3v) is 3.43. The molecule has 1 aliphatic heterocycles. The molecule has 1 saturated heterocycles. The van der Waals surface area contributed by atoms with Crippen LogP contribution in [0, 0.1) is 11.3 Å². The standard InChI is InChI=1S/C13H14N6/c14-8-12-13(17-4-3-16-12)18-6-1-2-11(9-18)19-7-5-15-10-19/h3-5,7,10-11H,1-2,6,9H2/t11-/m0/s1. The zero-order chi connectivity index (χ0) is 13.1. The molecule has 96 valence electrons. The van der Waals surface area contributed by atoms with E-state index in [0.717, 1.165) is 25.9 Å². The average molecular weight is 254 g/mol. The Balaban J connectivity index is 1.84. The van der Waals surface area contributed by atoms with Crippen LogP contribution in [0.2, 0.25) is 0 Å². The first-order chi connectivity index (χ1) is 9.38. The van der Waals surface area contributed by atoms with Gasteiger partial charge in [-0.3, -0.25) is 0 Å². The molecule has 0 unspecified atom stereocenters. The Morgan fingerprint density at radius 2 is 2.16 bits per heavy atom. The van der Waals surface area contributed by atoms with E-state index >= 15 is 0 Å². The summed E-state index contributed by atoms with van der Waals surface area (Å²) < 4.78 is 2.12. The van der Waals surface area contributed by atoms with Crippen LogP contribution in [0.5, 0.6) is 0 Å². The Labute approximate surface area is 111 Å². The second kappa shape index (κ2) is 5.06. The fourth-order valence-corrected chi connectivity index (χ4v) is 2.52. The van der Waals surface area contributed by atoms with Gasteiger partial charge in [-0.05, 0) is 12.8 Å². The van der Waals surface area contributed by atoms with Gasteiger partial charge in [0.2, 0.25) is 0 Å². The van der Waals surface area contributed by atoms with Crippen molar-refractivity contribution in [2.45, 2.75) is 18.9 Å². The smallest absolute Gasteiger partial charge is 0.183 e. The summed E-state index contributed by atoms with van der Waals surface area (Å²) in [5, 5.41) is 9.10. The van der Waals surface area contributed by atoms with Crippen LogP contribution in [0.15, 0.2) is 31.1 Å². The van der Waals surface area contributed by atoms with Crippen molar-refractivity contribution in [1.82, 2.24) is 19.5 Å². The van der Waals surface area contributed by atoms with Crippen molar-refractivity contribution in [2.24, 2.45) is 0 Å². The molecule has 19 heavy (non-hydrogen) atoms. The van der Waals surface area contributed by atoms with Crippen LogP contribution in [0.1, 0.15) is 24.6 Å². The first-order valence-electron chi connectivity index (χ1n) is 6.32. The van der Waals surface area contributed by atoms with Gasteiger partial charge >= 0.3 is 0 Å². The first kappa shape index (κ1) is 11.7. The second-order valence-corrected chi connectivity index (χ2v) is 4.59. The number of rotatable bonds is 2. The summed E-state index contributed by atoms with van der Waals surface area (Å²) in [6.07, 6.45) is 11.0. The van der Waals surface area contributed by atoms with Crippen LogP contribution >= 0.6 is 0 Å². The molecule has 1 atom stereocenters. The minimum atomic E-state index is 0.379. The molecule has 6 nitrogen and oxygen atoms in total. The van der Waals surface area contributed by atoms with Crippen molar-refractivity contribution in [3.05, 3.63) is 36.8 Å². The molecular weight excluding hydrogens is 240 g/mol. The lowest BCUT2D eigenvalue weighted by Gasteiger charge is -2.34. The summed E-state index contributed by atoms with van der Waals surface area (Å²) in [6, 6.07) is 2.49. The van der Waals surface area contributed by atoms with E-state index in [1.54, 1.807) is 18.6 Å². The van der Waals surface area contributed by atoms with Gasteiger partial charge in [0, 0.05) is 37.9 Å². The monoisotopic (exact) mass is 254 g/mol. The third-order valence-electron chi connectivity index (χ3n) is 3.43. The first-order valence-corrected chi connectivity index (χ1v) is 6.32. The van der Waals surface area contributed by atoms with E-state index in [-0.39, 0.29) is 0 Å².